The molecule has 2 N–H and O–H groups in total. The van der Waals surface area contributed by atoms with Crippen LogP contribution in [0.1, 0.15) is 34.6 Å². The van der Waals surface area contributed by atoms with Gasteiger partial charge in [0.05, 0.1) is 5.69 Å². The maximum Gasteiger partial charge on any atom is 0.387 e. The molecule has 1 aliphatic heterocycles. The van der Waals surface area contributed by atoms with E-state index in [1.54, 1.807) is 4.90 Å². The molecule has 1 saturated heterocycles. The van der Waals surface area contributed by atoms with Gasteiger partial charge in [0.25, 0.3) is 11.5 Å². The van der Waals surface area contributed by atoms with Crippen LogP contribution in [-0.2, 0) is 6.54 Å². The lowest BCUT2D eigenvalue weighted by molar-refractivity contribution is -0.0490. The van der Waals surface area contributed by atoms with E-state index in [0.29, 0.717) is 26.2 Å². The molecule has 9 nitrogen and oxygen atoms in total. The van der Waals surface area contributed by atoms with E-state index in [0.717, 1.165) is 18.9 Å². The molecule has 1 saturated carbocycles. The first-order valence-electron chi connectivity index (χ1n) is 11.8. The number of anilines is 1. The molecule has 3 aromatic rings. The van der Waals surface area contributed by atoms with Crippen LogP contribution in [-0.4, -0.2) is 64.6 Å². The number of nitrogens with one attached hydrogen (secondary N) is 2. The minimum absolute atomic E-state index is 0.00631. The van der Waals surface area contributed by atoms with Gasteiger partial charge in [0, 0.05) is 44.3 Å². The number of ether oxygens (including phenoxy) is 1. The van der Waals surface area contributed by atoms with Gasteiger partial charge in [-0.2, -0.15) is 13.2 Å². The highest BCUT2D eigenvalue weighted by molar-refractivity contribution is 5.92. The summed E-state index contributed by atoms with van der Waals surface area (Å²) in [5, 5.41) is 2.77. The summed E-state index contributed by atoms with van der Waals surface area (Å²) in [5.74, 6) is -2.27. The van der Waals surface area contributed by atoms with Crippen molar-refractivity contribution in [1.29, 1.82) is 0 Å². The van der Waals surface area contributed by atoms with Gasteiger partial charge in [-0.3, -0.25) is 14.5 Å². The molecular formula is C24H24F4N6O3. The second-order valence-corrected chi connectivity index (χ2v) is 9.12. The van der Waals surface area contributed by atoms with Crippen molar-refractivity contribution in [2.75, 3.05) is 31.1 Å². The summed E-state index contributed by atoms with van der Waals surface area (Å²) >= 11 is 0. The molecule has 196 valence electrons. The molecule has 1 amide bonds. The SMILES string of the molecule is Cc1nc2c(OC(F)F)cc(CN3CCN(c4ccc(C(=O)NC5CC5)nc4F)CC3)c(F)c2[nH]c1=O. The van der Waals surface area contributed by atoms with Crippen LogP contribution in [0.5, 0.6) is 5.75 Å². The lowest BCUT2D eigenvalue weighted by Gasteiger charge is -2.36. The van der Waals surface area contributed by atoms with Crippen molar-refractivity contribution in [2.24, 2.45) is 0 Å². The minimum atomic E-state index is -3.16. The fourth-order valence-electron chi connectivity index (χ4n) is 4.29. The zero-order valence-electron chi connectivity index (χ0n) is 19.9. The number of carbonyl (C=O) groups is 1. The van der Waals surface area contributed by atoms with Crippen LogP contribution < -0.4 is 20.5 Å². The number of piperazine rings is 1. The first-order valence-corrected chi connectivity index (χ1v) is 11.8. The van der Waals surface area contributed by atoms with Gasteiger partial charge >= 0.3 is 6.61 Å². The Morgan fingerprint density at radius 2 is 1.92 bits per heavy atom. The summed E-state index contributed by atoms with van der Waals surface area (Å²) in [6, 6.07) is 4.29. The van der Waals surface area contributed by atoms with Gasteiger partial charge in [-0.1, -0.05) is 0 Å². The number of rotatable bonds is 7. The Morgan fingerprint density at radius 3 is 2.57 bits per heavy atom. The summed E-state index contributed by atoms with van der Waals surface area (Å²) in [6.45, 7) is -0.132. The van der Waals surface area contributed by atoms with Crippen molar-refractivity contribution < 1.29 is 27.1 Å². The van der Waals surface area contributed by atoms with Gasteiger partial charge in [0.15, 0.2) is 11.6 Å². The van der Waals surface area contributed by atoms with E-state index < -0.39 is 29.8 Å². The number of halogens is 4. The highest BCUT2D eigenvalue weighted by Gasteiger charge is 2.27. The van der Waals surface area contributed by atoms with E-state index >= 15 is 4.39 Å². The topological polar surface area (TPSA) is 103 Å². The third-order valence-electron chi connectivity index (χ3n) is 6.42. The molecule has 0 bridgehead atoms. The zero-order valence-corrected chi connectivity index (χ0v) is 19.9. The number of hydrogen-bond donors (Lipinski definition) is 2. The van der Waals surface area contributed by atoms with E-state index in [4.69, 9.17) is 0 Å². The van der Waals surface area contributed by atoms with E-state index in [1.165, 1.54) is 19.1 Å². The lowest BCUT2D eigenvalue weighted by atomic mass is 10.1. The third kappa shape index (κ3) is 5.36. The molecule has 2 fully saturated rings. The highest BCUT2D eigenvalue weighted by Crippen LogP contribution is 2.30. The van der Waals surface area contributed by atoms with E-state index in [9.17, 15) is 22.8 Å². The average molecular weight is 520 g/mol. The van der Waals surface area contributed by atoms with E-state index in [1.807, 2.05) is 4.90 Å². The Morgan fingerprint density at radius 1 is 1.19 bits per heavy atom. The third-order valence-corrected chi connectivity index (χ3v) is 6.42. The molecule has 0 spiro atoms. The first kappa shape index (κ1) is 24.9. The molecule has 0 atom stereocenters. The molecule has 13 heteroatoms. The second kappa shape index (κ2) is 9.96. The van der Waals surface area contributed by atoms with Crippen LogP contribution in [0.25, 0.3) is 11.0 Å². The summed E-state index contributed by atoms with van der Waals surface area (Å²) in [4.78, 5) is 37.8. The normalized spacial score (nSPS) is 16.4. The number of fused-ring (bicyclic) bond motifs is 1. The van der Waals surface area contributed by atoms with Crippen LogP contribution in [0.2, 0.25) is 0 Å². The summed E-state index contributed by atoms with van der Waals surface area (Å²) in [5.41, 5.74) is -0.812. The predicted molar refractivity (Wildman–Crippen MR) is 126 cm³/mol. The van der Waals surface area contributed by atoms with Crippen molar-refractivity contribution >= 4 is 22.6 Å². The second-order valence-electron chi connectivity index (χ2n) is 9.12. The zero-order chi connectivity index (χ0) is 26.3. The number of benzene rings is 1. The van der Waals surface area contributed by atoms with Crippen molar-refractivity contribution in [3.8, 4) is 5.75 Å². The van der Waals surface area contributed by atoms with Gasteiger partial charge in [0.2, 0.25) is 5.95 Å². The van der Waals surface area contributed by atoms with Gasteiger partial charge in [0.1, 0.15) is 22.4 Å². The number of H-pyrrole nitrogens is 1. The smallest absolute Gasteiger partial charge is 0.387 e. The number of aryl methyl sites for hydroxylation is 1. The Bertz CT molecular complexity index is 1400. The van der Waals surface area contributed by atoms with Crippen molar-refractivity contribution in [3.05, 3.63) is 57.3 Å². The molecule has 1 aromatic carbocycles. The van der Waals surface area contributed by atoms with Crippen molar-refractivity contribution in [2.45, 2.75) is 39.0 Å². The van der Waals surface area contributed by atoms with Gasteiger partial charge in [-0.05, 0) is 38.0 Å². The van der Waals surface area contributed by atoms with Crippen LogP contribution >= 0.6 is 0 Å². The Labute approximate surface area is 208 Å². The monoisotopic (exact) mass is 520 g/mol. The molecule has 0 radical (unpaired) electrons. The minimum Gasteiger partial charge on any atom is -0.432 e. The number of aromatic amines is 1. The quantitative estimate of drug-likeness (QED) is 0.365. The molecule has 5 rings (SSSR count). The van der Waals surface area contributed by atoms with E-state index in [2.05, 4.69) is 25.0 Å². The predicted octanol–water partition coefficient (Wildman–Crippen LogP) is 2.72. The summed E-state index contributed by atoms with van der Waals surface area (Å²) in [7, 11) is 0. The fourth-order valence-corrected chi connectivity index (χ4v) is 4.29. The summed E-state index contributed by atoms with van der Waals surface area (Å²) in [6.07, 6.45) is 1.82. The number of aromatic nitrogens is 3. The van der Waals surface area contributed by atoms with Crippen LogP contribution in [0.3, 0.4) is 0 Å². The number of pyridine rings is 1. The number of amides is 1. The molecule has 0 unspecified atom stereocenters. The maximum absolute atomic E-state index is 15.3. The Kier molecular flexibility index (Phi) is 6.71. The van der Waals surface area contributed by atoms with Crippen LogP contribution in [0, 0.1) is 18.7 Å². The largest absolute Gasteiger partial charge is 0.432 e. The molecule has 3 heterocycles. The molecular weight excluding hydrogens is 496 g/mol. The fraction of sp³-hybridized carbons (Fsp3) is 0.417. The molecule has 1 aliphatic carbocycles. The molecule has 2 aliphatic rings. The van der Waals surface area contributed by atoms with Crippen LogP contribution in [0.4, 0.5) is 23.2 Å². The van der Waals surface area contributed by atoms with Crippen molar-refractivity contribution in [3.63, 3.8) is 0 Å². The van der Waals surface area contributed by atoms with Crippen molar-refractivity contribution in [1.82, 2.24) is 25.2 Å². The average Bonchev–Trinajstić information content (AvgIpc) is 3.67. The molecule has 37 heavy (non-hydrogen) atoms. The number of hydrogen-bond acceptors (Lipinski definition) is 7. The first-order chi connectivity index (χ1) is 17.7. The van der Waals surface area contributed by atoms with Gasteiger partial charge < -0.3 is 19.9 Å². The van der Waals surface area contributed by atoms with Gasteiger partial charge in [-0.25, -0.2) is 14.4 Å². The summed E-state index contributed by atoms with van der Waals surface area (Å²) < 4.78 is 60.5. The Balaban J connectivity index is 1.30. The van der Waals surface area contributed by atoms with Gasteiger partial charge in [-0.15, -0.1) is 0 Å². The van der Waals surface area contributed by atoms with Crippen LogP contribution in [0.15, 0.2) is 23.0 Å². The lowest BCUT2D eigenvalue weighted by Crippen LogP contribution is -2.46. The van der Waals surface area contributed by atoms with E-state index in [-0.39, 0.29) is 52.0 Å². The number of alkyl halides is 2. The Hall–Kier alpha value is -3.74. The number of nitrogens with zero attached hydrogens (tertiary/aromatic N) is 4. The number of carbonyl (C=O) groups excluding carboxylic acids is 1. The highest BCUT2D eigenvalue weighted by atomic mass is 19.3. The maximum atomic E-state index is 15.3. The standard InChI is InChI=1S/C24H24F4N6O3/c1-12-22(35)32-20-18(25)13(10-17(19(20)29-12)37-24(27)28)11-33-6-8-34(9-7-33)16-5-4-15(31-21(16)26)23(36)30-14-2-3-14/h4-5,10,14,24H,2-3,6-9,11H2,1H3,(H,30,36)(H,32,35). The molecule has 2 aromatic heterocycles.